The average Bonchev–Trinajstić information content (AvgIpc) is 2.40. The summed E-state index contributed by atoms with van der Waals surface area (Å²) in [7, 11) is 0. The molecule has 1 fully saturated rings. The van der Waals surface area contributed by atoms with E-state index in [0.29, 0.717) is 5.56 Å². The Morgan fingerprint density at radius 1 is 1.33 bits per heavy atom. The highest BCUT2D eigenvalue weighted by atomic mass is 19.1. The summed E-state index contributed by atoms with van der Waals surface area (Å²) < 4.78 is 13.3. The van der Waals surface area contributed by atoms with Crippen LogP contribution in [0.5, 0.6) is 0 Å². The van der Waals surface area contributed by atoms with Gasteiger partial charge in [0.1, 0.15) is 5.82 Å². The predicted octanol–water partition coefficient (Wildman–Crippen LogP) is 3.61. The van der Waals surface area contributed by atoms with E-state index in [1.165, 1.54) is 38.2 Å². The van der Waals surface area contributed by atoms with Crippen molar-refractivity contribution in [3.8, 4) is 0 Å². The molecule has 0 amide bonds. The Morgan fingerprint density at radius 3 is 2.67 bits per heavy atom. The second-order valence-corrected chi connectivity index (χ2v) is 5.47. The third kappa shape index (κ3) is 3.30. The lowest BCUT2D eigenvalue weighted by atomic mass is 9.83. The second kappa shape index (κ2) is 6.30. The predicted molar refractivity (Wildman–Crippen MR) is 72.4 cm³/mol. The van der Waals surface area contributed by atoms with E-state index in [-0.39, 0.29) is 11.9 Å². The molecule has 3 heteroatoms. The van der Waals surface area contributed by atoms with Crippen LogP contribution in [0.15, 0.2) is 18.2 Å². The maximum atomic E-state index is 13.3. The molecular formula is C15H23FN2. The number of hydrazine groups is 1. The summed E-state index contributed by atoms with van der Waals surface area (Å²) in [4.78, 5) is 0. The SMILES string of the molecule is Cc1cc(C(CC2CCCCC2)NN)ccc1F. The van der Waals surface area contributed by atoms with Crippen LogP contribution in [0.2, 0.25) is 0 Å². The molecule has 18 heavy (non-hydrogen) atoms. The number of halogens is 1. The molecular weight excluding hydrogens is 227 g/mol. The van der Waals surface area contributed by atoms with Gasteiger partial charge in [-0.05, 0) is 36.5 Å². The summed E-state index contributed by atoms with van der Waals surface area (Å²) in [5, 5.41) is 0. The van der Waals surface area contributed by atoms with E-state index in [1.807, 2.05) is 12.1 Å². The fraction of sp³-hybridized carbons (Fsp3) is 0.600. The summed E-state index contributed by atoms with van der Waals surface area (Å²) in [5.41, 5.74) is 4.68. The molecule has 0 heterocycles. The molecule has 1 aliphatic rings. The van der Waals surface area contributed by atoms with E-state index in [0.717, 1.165) is 17.9 Å². The molecule has 0 spiro atoms. The summed E-state index contributed by atoms with van der Waals surface area (Å²) in [5.74, 6) is 6.27. The Labute approximate surface area is 109 Å². The smallest absolute Gasteiger partial charge is 0.126 e. The van der Waals surface area contributed by atoms with Crippen molar-refractivity contribution in [3.63, 3.8) is 0 Å². The summed E-state index contributed by atoms with van der Waals surface area (Å²) in [6.45, 7) is 1.80. The van der Waals surface area contributed by atoms with Crippen LogP contribution in [-0.2, 0) is 0 Å². The number of nitrogens with one attached hydrogen (secondary N) is 1. The minimum atomic E-state index is -0.146. The van der Waals surface area contributed by atoms with Gasteiger partial charge in [0.15, 0.2) is 0 Å². The van der Waals surface area contributed by atoms with Crippen molar-refractivity contribution >= 4 is 0 Å². The first-order chi connectivity index (χ1) is 8.70. The van der Waals surface area contributed by atoms with Crippen LogP contribution >= 0.6 is 0 Å². The molecule has 0 bridgehead atoms. The van der Waals surface area contributed by atoms with Crippen LogP contribution < -0.4 is 11.3 Å². The van der Waals surface area contributed by atoms with Crippen LogP contribution in [-0.4, -0.2) is 0 Å². The van der Waals surface area contributed by atoms with E-state index in [1.54, 1.807) is 6.92 Å². The van der Waals surface area contributed by atoms with Gasteiger partial charge in [-0.15, -0.1) is 0 Å². The van der Waals surface area contributed by atoms with Gasteiger partial charge in [0.05, 0.1) is 0 Å². The van der Waals surface area contributed by atoms with Crippen molar-refractivity contribution in [1.29, 1.82) is 0 Å². The molecule has 1 atom stereocenters. The normalized spacial score (nSPS) is 18.8. The lowest BCUT2D eigenvalue weighted by Gasteiger charge is -2.26. The van der Waals surface area contributed by atoms with Gasteiger partial charge >= 0.3 is 0 Å². The molecule has 0 radical (unpaired) electrons. The number of nitrogens with two attached hydrogens (primary N) is 1. The molecule has 0 aromatic heterocycles. The second-order valence-electron chi connectivity index (χ2n) is 5.47. The topological polar surface area (TPSA) is 38.0 Å². The van der Waals surface area contributed by atoms with Gasteiger partial charge in [0.2, 0.25) is 0 Å². The van der Waals surface area contributed by atoms with E-state index in [4.69, 9.17) is 5.84 Å². The van der Waals surface area contributed by atoms with E-state index in [2.05, 4.69) is 5.43 Å². The molecule has 3 N–H and O–H groups in total. The first-order valence-corrected chi connectivity index (χ1v) is 6.93. The van der Waals surface area contributed by atoms with Gasteiger partial charge in [-0.2, -0.15) is 0 Å². The minimum Gasteiger partial charge on any atom is -0.271 e. The molecule has 1 aromatic carbocycles. The zero-order chi connectivity index (χ0) is 13.0. The Hall–Kier alpha value is -0.930. The van der Waals surface area contributed by atoms with Crippen molar-refractivity contribution in [1.82, 2.24) is 5.43 Å². The van der Waals surface area contributed by atoms with Gasteiger partial charge in [-0.1, -0.05) is 44.2 Å². The maximum absolute atomic E-state index is 13.3. The molecule has 100 valence electrons. The van der Waals surface area contributed by atoms with Crippen molar-refractivity contribution < 1.29 is 4.39 Å². The third-order valence-electron chi connectivity index (χ3n) is 4.08. The fourth-order valence-electron chi connectivity index (χ4n) is 2.94. The van der Waals surface area contributed by atoms with Gasteiger partial charge in [-0.25, -0.2) is 4.39 Å². The summed E-state index contributed by atoms with van der Waals surface area (Å²) in [6, 6.07) is 5.43. The van der Waals surface area contributed by atoms with Crippen LogP contribution in [0, 0.1) is 18.7 Å². The van der Waals surface area contributed by atoms with E-state index >= 15 is 0 Å². The number of hydrogen-bond donors (Lipinski definition) is 2. The highest BCUT2D eigenvalue weighted by Gasteiger charge is 2.19. The van der Waals surface area contributed by atoms with Gasteiger partial charge in [-0.3, -0.25) is 11.3 Å². The molecule has 0 saturated heterocycles. The van der Waals surface area contributed by atoms with E-state index in [9.17, 15) is 4.39 Å². The van der Waals surface area contributed by atoms with E-state index < -0.39 is 0 Å². The molecule has 2 nitrogen and oxygen atoms in total. The maximum Gasteiger partial charge on any atom is 0.126 e. The van der Waals surface area contributed by atoms with Gasteiger partial charge < -0.3 is 0 Å². The first-order valence-electron chi connectivity index (χ1n) is 6.93. The first kappa shape index (κ1) is 13.5. The van der Waals surface area contributed by atoms with Crippen molar-refractivity contribution in [3.05, 3.63) is 35.1 Å². The molecule has 1 aliphatic carbocycles. The molecule has 2 rings (SSSR count). The van der Waals surface area contributed by atoms with Crippen molar-refractivity contribution in [2.24, 2.45) is 11.8 Å². The zero-order valence-electron chi connectivity index (χ0n) is 11.1. The number of benzene rings is 1. The van der Waals surface area contributed by atoms with Crippen molar-refractivity contribution in [2.75, 3.05) is 0 Å². The highest BCUT2D eigenvalue weighted by molar-refractivity contribution is 5.26. The Balaban J connectivity index is 2.04. The molecule has 0 aliphatic heterocycles. The largest absolute Gasteiger partial charge is 0.271 e. The lowest BCUT2D eigenvalue weighted by molar-refractivity contribution is 0.301. The average molecular weight is 250 g/mol. The third-order valence-corrected chi connectivity index (χ3v) is 4.08. The number of hydrogen-bond acceptors (Lipinski definition) is 2. The molecule has 1 aromatic rings. The van der Waals surface area contributed by atoms with Crippen LogP contribution in [0.4, 0.5) is 4.39 Å². The van der Waals surface area contributed by atoms with Crippen LogP contribution in [0.25, 0.3) is 0 Å². The molecule has 1 saturated carbocycles. The Kier molecular flexibility index (Phi) is 4.72. The zero-order valence-corrected chi connectivity index (χ0v) is 11.1. The molecule has 1 unspecified atom stereocenters. The lowest BCUT2D eigenvalue weighted by Crippen LogP contribution is -2.30. The Morgan fingerprint density at radius 2 is 2.06 bits per heavy atom. The highest BCUT2D eigenvalue weighted by Crippen LogP contribution is 2.31. The van der Waals surface area contributed by atoms with Crippen molar-refractivity contribution in [2.45, 2.75) is 51.5 Å². The minimum absolute atomic E-state index is 0.146. The standard InChI is InChI=1S/C15H23FN2/c1-11-9-13(7-8-14(11)16)15(18-17)10-12-5-3-2-4-6-12/h7-9,12,15,18H,2-6,10,17H2,1H3. The quantitative estimate of drug-likeness (QED) is 0.633. The summed E-state index contributed by atoms with van der Waals surface area (Å²) in [6.07, 6.45) is 7.71. The van der Waals surface area contributed by atoms with Crippen LogP contribution in [0.3, 0.4) is 0 Å². The number of rotatable bonds is 4. The van der Waals surface area contributed by atoms with Gasteiger partial charge in [0, 0.05) is 6.04 Å². The monoisotopic (exact) mass is 250 g/mol. The number of aryl methyl sites for hydroxylation is 1. The summed E-state index contributed by atoms with van der Waals surface area (Å²) >= 11 is 0. The Bertz CT molecular complexity index is 386. The van der Waals surface area contributed by atoms with Gasteiger partial charge in [0.25, 0.3) is 0 Å². The van der Waals surface area contributed by atoms with Crippen LogP contribution in [0.1, 0.15) is 55.7 Å². The fourth-order valence-corrected chi connectivity index (χ4v) is 2.94.